The topological polar surface area (TPSA) is 38.8 Å². The van der Waals surface area contributed by atoms with Gasteiger partial charge in [0, 0.05) is 11.4 Å². The molecule has 4 nitrogen and oxygen atoms in total. The van der Waals surface area contributed by atoms with Crippen LogP contribution in [0, 0.1) is 0 Å². The predicted octanol–water partition coefficient (Wildman–Crippen LogP) is 3.86. The van der Waals surface area contributed by atoms with Crippen molar-refractivity contribution in [1.29, 1.82) is 0 Å². The van der Waals surface area contributed by atoms with Gasteiger partial charge < -0.3 is 14.4 Å². The minimum absolute atomic E-state index is 0.124. The van der Waals surface area contributed by atoms with Gasteiger partial charge in [-0.05, 0) is 38.1 Å². The minimum Gasteiger partial charge on any atom is -0.486 e. The number of ether oxygens (including phenoxy) is 2. The number of hydrogen-bond donors (Lipinski definition) is 0. The van der Waals surface area contributed by atoms with Gasteiger partial charge in [0.1, 0.15) is 6.61 Å². The van der Waals surface area contributed by atoms with Crippen LogP contribution in [0.5, 0.6) is 11.5 Å². The quantitative estimate of drug-likeness (QED) is 0.736. The smallest absolute Gasteiger partial charge is 0.235 e. The lowest BCUT2D eigenvalue weighted by Gasteiger charge is -2.32. The van der Waals surface area contributed by atoms with Crippen molar-refractivity contribution in [3.63, 3.8) is 0 Å². The lowest BCUT2D eigenvalue weighted by Crippen LogP contribution is -2.45. The highest BCUT2D eigenvalue weighted by molar-refractivity contribution is 8.00. The maximum Gasteiger partial charge on any atom is 0.235 e. The highest BCUT2D eigenvalue weighted by Crippen LogP contribution is 2.31. The van der Waals surface area contributed by atoms with E-state index in [0.717, 1.165) is 16.4 Å². The van der Waals surface area contributed by atoms with Gasteiger partial charge in [0.05, 0.1) is 11.8 Å². The van der Waals surface area contributed by atoms with Crippen LogP contribution in [0.2, 0.25) is 0 Å². The summed E-state index contributed by atoms with van der Waals surface area (Å²) in [5.74, 6) is 1.63. The molecule has 2 unspecified atom stereocenters. The molecule has 0 radical (unpaired) electrons. The Morgan fingerprint density at radius 3 is 2.56 bits per heavy atom. The normalized spacial score (nSPS) is 17.0. The summed E-state index contributed by atoms with van der Waals surface area (Å²) in [4.78, 5) is 15.8. The second-order valence-corrected chi connectivity index (χ2v) is 7.36. The largest absolute Gasteiger partial charge is 0.486 e. The van der Waals surface area contributed by atoms with E-state index in [0.29, 0.717) is 19.7 Å². The highest BCUT2D eigenvalue weighted by Gasteiger charge is 2.27. The van der Waals surface area contributed by atoms with Crippen LogP contribution < -0.4 is 9.47 Å². The van der Waals surface area contributed by atoms with Gasteiger partial charge in [-0.1, -0.05) is 30.3 Å². The Morgan fingerprint density at radius 2 is 1.84 bits per heavy atom. The molecular weight excluding hydrogens is 334 g/mol. The average Bonchev–Trinajstić information content (AvgIpc) is 2.66. The van der Waals surface area contributed by atoms with E-state index in [2.05, 4.69) is 0 Å². The number of likely N-dealkylation sites (N-methyl/N-ethyl adjacent to an activating group) is 1. The van der Waals surface area contributed by atoms with E-state index < -0.39 is 0 Å². The molecular formula is C20H23NO3S. The number of rotatable bonds is 6. The summed E-state index contributed by atoms with van der Waals surface area (Å²) in [5, 5.41) is -0.140. The Morgan fingerprint density at radius 1 is 1.16 bits per heavy atom. The fourth-order valence-electron chi connectivity index (χ4n) is 2.78. The molecule has 132 valence electrons. The number of carbonyl (C=O) groups excluding carboxylic acids is 1. The summed E-state index contributed by atoms with van der Waals surface area (Å²) in [6.07, 6.45) is -0.146. The summed E-state index contributed by atoms with van der Waals surface area (Å²) < 4.78 is 11.7. The first-order valence-corrected chi connectivity index (χ1v) is 9.44. The zero-order valence-electron chi connectivity index (χ0n) is 14.6. The maximum atomic E-state index is 12.8. The Balaban J connectivity index is 1.59. The standard InChI is InChI=1S/C20H23NO3S/c1-3-21(20(22)15(2)25-17-9-5-4-6-10-17)13-16-14-23-18-11-7-8-12-19(18)24-16/h4-12,15-16H,3,13-14H2,1-2H3. The van der Waals surface area contributed by atoms with E-state index in [1.165, 1.54) is 0 Å². The van der Waals surface area contributed by atoms with Gasteiger partial charge in [-0.25, -0.2) is 0 Å². The lowest BCUT2D eigenvalue weighted by atomic mass is 10.2. The number of fused-ring (bicyclic) bond motifs is 1. The summed E-state index contributed by atoms with van der Waals surface area (Å²) >= 11 is 1.58. The van der Waals surface area contributed by atoms with Crippen molar-refractivity contribution in [2.75, 3.05) is 19.7 Å². The Hall–Kier alpha value is -2.14. The van der Waals surface area contributed by atoms with Crippen molar-refractivity contribution in [3.8, 4) is 11.5 Å². The molecule has 0 spiro atoms. The van der Waals surface area contributed by atoms with Crippen LogP contribution in [-0.4, -0.2) is 41.9 Å². The van der Waals surface area contributed by atoms with E-state index >= 15 is 0 Å². The number of benzene rings is 2. The summed E-state index contributed by atoms with van der Waals surface area (Å²) in [6.45, 7) is 5.59. The van der Waals surface area contributed by atoms with Gasteiger partial charge in [0.25, 0.3) is 0 Å². The molecule has 0 saturated carbocycles. The molecule has 2 aromatic rings. The molecule has 1 aliphatic rings. The number of nitrogens with zero attached hydrogens (tertiary/aromatic N) is 1. The molecule has 0 fully saturated rings. The molecule has 0 aliphatic carbocycles. The molecule has 2 atom stereocenters. The first-order chi connectivity index (χ1) is 12.2. The fraction of sp³-hybridized carbons (Fsp3) is 0.350. The van der Waals surface area contributed by atoms with Crippen LogP contribution in [0.1, 0.15) is 13.8 Å². The fourth-order valence-corrected chi connectivity index (χ4v) is 3.76. The predicted molar refractivity (Wildman–Crippen MR) is 100 cm³/mol. The summed E-state index contributed by atoms with van der Waals surface area (Å²) in [6, 6.07) is 17.6. The number of hydrogen-bond acceptors (Lipinski definition) is 4. The number of amides is 1. The van der Waals surface area contributed by atoms with Crippen LogP contribution in [0.4, 0.5) is 0 Å². The third-order valence-corrected chi connectivity index (χ3v) is 5.19. The third kappa shape index (κ3) is 4.48. The number of carbonyl (C=O) groups is 1. The Kier molecular flexibility index (Phi) is 5.87. The molecule has 0 aromatic heterocycles. The van der Waals surface area contributed by atoms with Crippen LogP contribution in [-0.2, 0) is 4.79 Å². The molecule has 1 amide bonds. The third-order valence-electron chi connectivity index (χ3n) is 4.09. The lowest BCUT2D eigenvalue weighted by molar-refractivity contribution is -0.131. The van der Waals surface area contributed by atoms with Crippen molar-refractivity contribution in [2.24, 2.45) is 0 Å². The van der Waals surface area contributed by atoms with Gasteiger partial charge in [-0.15, -0.1) is 11.8 Å². The molecule has 25 heavy (non-hydrogen) atoms. The SMILES string of the molecule is CCN(CC1COc2ccccc2O1)C(=O)C(C)Sc1ccccc1. The van der Waals surface area contributed by atoms with E-state index in [9.17, 15) is 4.79 Å². The second-order valence-electron chi connectivity index (χ2n) is 5.95. The van der Waals surface area contributed by atoms with Gasteiger partial charge >= 0.3 is 0 Å². The molecule has 0 bridgehead atoms. The Labute approximate surface area is 153 Å². The second kappa shape index (κ2) is 8.30. The maximum absolute atomic E-state index is 12.8. The van der Waals surface area contributed by atoms with Crippen molar-refractivity contribution in [3.05, 3.63) is 54.6 Å². The molecule has 5 heteroatoms. The van der Waals surface area contributed by atoms with Gasteiger partial charge in [-0.3, -0.25) is 4.79 Å². The first-order valence-electron chi connectivity index (χ1n) is 8.56. The van der Waals surface area contributed by atoms with E-state index in [1.807, 2.05) is 73.3 Å². The van der Waals surface area contributed by atoms with Crippen molar-refractivity contribution in [1.82, 2.24) is 4.90 Å². The van der Waals surface area contributed by atoms with Crippen LogP contribution >= 0.6 is 11.8 Å². The van der Waals surface area contributed by atoms with Gasteiger partial charge in [0.2, 0.25) is 5.91 Å². The molecule has 3 rings (SSSR count). The highest BCUT2D eigenvalue weighted by atomic mass is 32.2. The molecule has 1 aliphatic heterocycles. The molecule has 2 aromatic carbocycles. The van der Waals surface area contributed by atoms with Crippen molar-refractivity contribution in [2.45, 2.75) is 30.1 Å². The van der Waals surface area contributed by atoms with E-state index in [-0.39, 0.29) is 17.3 Å². The van der Waals surface area contributed by atoms with Crippen LogP contribution in [0.3, 0.4) is 0 Å². The van der Waals surface area contributed by atoms with E-state index in [1.54, 1.807) is 11.8 Å². The van der Waals surface area contributed by atoms with Gasteiger partial charge in [0.15, 0.2) is 17.6 Å². The summed E-state index contributed by atoms with van der Waals surface area (Å²) in [5.41, 5.74) is 0. The average molecular weight is 357 g/mol. The van der Waals surface area contributed by atoms with E-state index in [4.69, 9.17) is 9.47 Å². The minimum atomic E-state index is -0.146. The number of thioether (sulfide) groups is 1. The monoisotopic (exact) mass is 357 g/mol. The molecule has 1 heterocycles. The van der Waals surface area contributed by atoms with Crippen molar-refractivity contribution >= 4 is 17.7 Å². The zero-order valence-corrected chi connectivity index (χ0v) is 15.4. The molecule has 0 saturated heterocycles. The van der Waals surface area contributed by atoms with Gasteiger partial charge in [-0.2, -0.15) is 0 Å². The van der Waals surface area contributed by atoms with Crippen LogP contribution in [0.15, 0.2) is 59.5 Å². The number of para-hydroxylation sites is 2. The first kappa shape index (κ1) is 17.7. The zero-order chi connectivity index (χ0) is 17.6. The van der Waals surface area contributed by atoms with Crippen LogP contribution in [0.25, 0.3) is 0 Å². The van der Waals surface area contributed by atoms with Crippen molar-refractivity contribution < 1.29 is 14.3 Å². The molecule has 0 N–H and O–H groups in total. The summed E-state index contributed by atoms with van der Waals surface area (Å²) in [7, 11) is 0. The Bertz CT molecular complexity index is 707.